The van der Waals surface area contributed by atoms with Gasteiger partial charge in [0.15, 0.2) is 5.16 Å². The average molecular weight is 438 g/mol. The Morgan fingerprint density at radius 3 is 2.66 bits per heavy atom. The number of carboxylic acid groups (broad SMARTS) is 1. The number of carbonyl (C=O) groups excluding carboxylic acids is 1. The van der Waals surface area contributed by atoms with Crippen LogP contribution in [-0.2, 0) is 22.6 Å². The Balaban J connectivity index is 2.27. The quantitative estimate of drug-likeness (QED) is 0.513. The number of imidazole rings is 1. The Morgan fingerprint density at radius 2 is 2.03 bits per heavy atom. The van der Waals surface area contributed by atoms with Gasteiger partial charge in [0.05, 0.1) is 6.54 Å². The number of aromatic nitrogens is 2. The number of nitrogens with zero attached hydrogens (tertiary/aromatic N) is 2. The lowest BCUT2D eigenvalue weighted by Crippen LogP contribution is -2.43. The molecule has 2 aromatic rings. The summed E-state index contributed by atoms with van der Waals surface area (Å²) in [6, 6.07) is 6.56. The van der Waals surface area contributed by atoms with Crippen molar-refractivity contribution in [2.75, 3.05) is 5.75 Å². The van der Waals surface area contributed by atoms with Crippen LogP contribution in [0.3, 0.4) is 0 Å². The van der Waals surface area contributed by atoms with E-state index in [2.05, 4.69) is 17.2 Å². The standard InChI is InChI=1S/C21H28ClN3O3S/c1-4-9-29-21-23-12-16(25(21)13-15-7-5-6-8-17(15)22)11-18(20(27)28)24-19(26)10-14(2)3/h5-8,12,14,18H,4,9-11,13H2,1-3H3,(H,24,26)(H,27,28). The molecule has 6 nitrogen and oxygen atoms in total. The van der Waals surface area contributed by atoms with E-state index in [4.69, 9.17) is 11.6 Å². The van der Waals surface area contributed by atoms with Gasteiger partial charge in [-0.05, 0) is 24.0 Å². The van der Waals surface area contributed by atoms with Crippen molar-refractivity contribution >= 4 is 35.2 Å². The van der Waals surface area contributed by atoms with Crippen molar-refractivity contribution in [2.45, 2.75) is 57.8 Å². The van der Waals surface area contributed by atoms with Crippen molar-refractivity contribution in [3.8, 4) is 0 Å². The smallest absolute Gasteiger partial charge is 0.326 e. The van der Waals surface area contributed by atoms with E-state index in [0.717, 1.165) is 28.6 Å². The maximum atomic E-state index is 12.1. The van der Waals surface area contributed by atoms with Gasteiger partial charge < -0.3 is 15.0 Å². The molecule has 1 aromatic carbocycles. The van der Waals surface area contributed by atoms with Gasteiger partial charge in [-0.15, -0.1) is 0 Å². The van der Waals surface area contributed by atoms with E-state index in [0.29, 0.717) is 18.0 Å². The molecular weight excluding hydrogens is 410 g/mol. The van der Waals surface area contributed by atoms with Crippen LogP contribution >= 0.6 is 23.4 Å². The van der Waals surface area contributed by atoms with Gasteiger partial charge in [-0.1, -0.05) is 62.3 Å². The SMILES string of the molecule is CCCSc1ncc(CC(NC(=O)CC(C)C)C(=O)O)n1Cc1ccccc1Cl. The lowest BCUT2D eigenvalue weighted by atomic mass is 10.1. The highest BCUT2D eigenvalue weighted by Crippen LogP contribution is 2.24. The highest BCUT2D eigenvalue weighted by atomic mass is 35.5. The van der Waals surface area contributed by atoms with Crippen LogP contribution in [0.2, 0.25) is 5.02 Å². The predicted octanol–water partition coefficient (Wildman–Crippen LogP) is 4.24. The van der Waals surface area contributed by atoms with Crippen LogP contribution in [0.5, 0.6) is 0 Å². The minimum atomic E-state index is -1.06. The number of hydrogen-bond donors (Lipinski definition) is 2. The summed E-state index contributed by atoms with van der Waals surface area (Å²) < 4.78 is 1.99. The number of rotatable bonds is 11. The summed E-state index contributed by atoms with van der Waals surface area (Å²) in [6.07, 6.45) is 3.14. The third kappa shape index (κ3) is 7.08. The highest BCUT2D eigenvalue weighted by Gasteiger charge is 2.24. The van der Waals surface area contributed by atoms with Gasteiger partial charge in [0, 0.05) is 35.5 Å². The van der Waals surface area contributed by atoms with Crippen LogP contribution in [0.1, 0.15) is 44.9 Å². The maximum Gasteiger partial charge on any atom is 0.326 e. The summed E-state index contributed by atoms with van der Waals surface area (Å²) in [4.78, 5) is 28.4. The van der Waals surface area contributed by atoms with Gasteiger partial charge in [0.1, 0.15) is 6.04 Å². The Labute approximate surface area is 181 Å². The molecule has 1 unspecified atom stereocenters. The third-order valence-corrected chi connectivity index (χ3v) is 5.83. The van der Waals surface area contributed by atoms with E-state index in [1.54, 1.807) is 18.0 Å². The molecule has 0 saturated carbocycles. The number of benzene rings is 1. The van der Waals surface area contributed by atoms with E-state index in [-0.39, 0.29) is 18.2 Å². The molecule has 0 fully saturated rings. The molecule has 0 aliphatic heterocycles. The molecule has 0 aliphatic rings. The van der Waals surface area contributed by atoms with E-state index in [9.17, 15) is 14.7 Å². The fraction of sp³-hybridized carbons (Fsp3) is 0.476. The normalized spacial score (nSPS) is 12.2. The molecule has 2 N–H and O–H groups in total. The minimum Gasteiger partial charge on any atom is -0.480 e. The van der Waals surface area contributed by atoms with Gasteiger partial charge in [-0.3, -0.25) is 4.79 Å². The number of halogens is 1. The molecule has 0 spiro atoms. The Hall–Kier alpha value is -1.99. The highest BCUT2D eigenvalue weighted by molar-refractivity contribution is 7.99. The first-order chi connectivity index (χ1) is 13.8. The van der Waals surface area contributed by atoms with Crippen LogP contribution in [0, 0.1) is 5.92 Å². The van der Waals surface area contributed by atoms with Gasteiger partial charge in [-0.2, -0.15) is 0 Å². The van der Waals surface area contributed by atoms with E-state index >= 15 is 0 Å². The van der Waals surface area contributed by atoms with Crippen LogP contribution in [0.15, 0.2) is 35.6 Å². The molecular formula is C21H28ClN3O3S. The molecule has 158 valence electrons. The first-order valence-corrected chi connectivity index (χ1v) is 11.1. The largest absolute Gasteiger partial charge is 0.480 e. The van der Waals surface area contributed by atoms with Crippen molar-refractivity contribution < 1.29 is 14.7 Å². The number of aliphatic carboxylic acids is 1. The topological polar surface area (TPSA) is 84.2 Å². The van der Waals surface area contributed by atoms with Gasteiger partial charge in [0.25, 0.3) is 0 Å². The van der Waals surface area contributed by atoms with E-state index in [1.807, 2.05) is 42.7 Å². The molecule has 0 saturated heterocycles. The number of nitrogens with one attached hydrogen (secondary N) is 1. The number of hydrogen-bond acceptors (Lipinski definition) is 4. The maximum absolute atomic E-state index is 12.1. The lowest BCUT2D eigenvalue weighted by Gasteiger charge is -2.18. The molecule has 0 aliphatic carbocycles. The van der Waals surface area contributed by atoms with E-state index < -0.39 is 12.0 Å². The van der Waals surface area contributed by atoms with Crippen LogP contribution < -0.4 is 5.32 Å². The number of amides is 1. The molecule has 0 radical (unpaired) electrons. The predicted molar refractivity (Wildman–Crippen MR) is 117 cm³/mol. The first-order valence-electron chi connectivity index (χ1n) is 9.74. The van der Waals surface area contributed by atoms with Gasteiger partial charge in [-0.25, -0.2) is 9.78 Å². The lowest BCUT2D eigenvalue weighted by molar-refractivity contribution is -0.141. The van der Waals surface area contributed by atoms with Crippen LogP contribution in [0.25, 0.3) is 0 Å². The average Bonchev–Trinajstić information content (AvgIpc) is 3.02. The Kier molecular flexibility index (Phi) is 9.04. The molecule has 8 heteroatoms. The van der Waals surface area contributed by atoms with Crippen molar-refractivity contribution in [2.24, 2.45) is 5.92 Å². The summed E-state index contributed by atoms with van der Waals surface area (Å²) in [5.41, 5.74) is 1.68. The van der Waals surface area contributed by atoms with Crippen LogP contribution in [0.4, 0.5) is 0 Å². The van der Waals surface area contributed by atoms with Crippen molar-refractivity contribution in [1.82, 2.24) is 14.9 Å². The van der Waals surface area contributed by atoms with Gasteiger partial charge >= 0.3 is 5.97 Å². The summed E-state index contributed by atoms with van der Waals surface area (Å²) in [5.74, 6) is -0.250. The monoisotopic (exact) mass is 437 g/mol. The second kappa shape index (κ2) is 11.3. The molecule has 29 heavy (non-hydrogen) atoms. The number of carboxylic acids is 1. The van der Waals surface area contributed by atoms with Crippen molar-refractivity contribution in [3.63, 3.8) is 0 Å². The second-order valence-corrected chi connectivity index (χ2v) is 8.79. The number of thioether (sulfide) groups is 1. The Morgan fingerprint density at radius 1 is 1.31 bits per heavy atom. The fourth-order valence-electron chi connectivity index (χ4n) is 2.86. The third-order valence-electron chi connectivity index (χ3n) is 4.26. The Bertz CT molecular complexity index is 838. The zero-order valence-electron chi connectivity index (χ0n) is 17.0. The van der Waals surface area contributed by atoms with Crippen molar-refractivity contribution in [1.29, 1.82) is 0 Å². The van der Waals surface area contributed by atoms with Crippen molar-refractivity contribution in [3.05, 3.63) is 46.7 Å². The zero-order valence-corrected chi connectivity index (χ0v) is 18.6. The molecule has 0 bridgehead atoms. The van der Waals surface area contributed by atoms with Crippen LogP contribution in [-0.4, -0.2) is 38.3 Å². The zero-order chi connectivity index (χ0) is 21.4. The summed E-state index contributed by atoms with van der Waals surface area (Å²) in [7, 11) is 0. The fourth-order valence-corrected chi connectivity index (χ4v) is 3.91. The molecule has 1 heterocycles. The minimum absolute atomic E-state index is 0.156. The molecule has 1 atom stereocenters. The molecule has 2 rings (SSSR count). The molecule has 1 aromatic heterocycles. The van der Waals surface area contributed by atoms with Gasteiger partial charge in [0.2, 0.25) is 5.91 Å². The second-order valence-electron chi connectivity index (χ2n) is 7.32. The van der Waals surface area contributed by atoms with E-state index in [1.165, 1.54) is 0 Å². The molecule has 1 amide bonds. The summed E-state index contributed by atoms with van der Waals surface area (Å²) >= 11 is 7.96. The summed E-state index contributed by atoms with van der Waals surface area (Å²) in [6.45, 7) is 6.43. The summed E-state index contributed by atoms with van der Waals surface area (Å²) in [5, 5.41) is 13.7. The first kappa shape index (κ1) is 23.3. The number of carbonyl (C=O) groups is 2.